The molecule has 0 radical (unpaired) electrons. The Balaban J connectivity index is 2.01. The fraction of sp³-hybridized carbons (Fsp3) is 0.308. The van der Waals surface area contributed by atoms with Crippen LogP contribution in [0.15, 0.2) is 42.6 Å². The summed E-state index contributed by atoms with van der Waals surface area (Å²) in [7, 11) is 0. The number of ether oxygens (including phenoxy) is 1. The van der Waals surface area contributed by atoms with Crippen LogP contribution in [-0.2, 0) is 6.54 Å². The first-order valence-corrected chi connectivity index (χ1v) is 6.50. The molecule has 1 aromatic rings. The molecule has 1 aromatic heterocycles. The lowest BCUT2D eigenvalue weighted by atomic mass is 10.2. The highest BCUT2D eigenvalue weighted by atomic mass is 19.4. The highest BCUT2D eigenvalue weighted by Crippen LogP contribution is 2.18. The van der Waals surface area contributed by atoms with Crippen LogP contribution in [0.1, 0.15) is 5.56 Å². The van der Waals surface area contributed by atoms with Crippen molar-refractivity contribution in [3.05, 3.63) is 58.3 Å². The summed E-state index contributed by atoms with van der Waals surface area (Å²) >= 11 is 0. The highest BCUT2D eigenvalue weighted by Gasteiger charge is 2.28. The third kappa shape index (κ3) is 5.49. The molecule has 0 saturated heterocycles. The number of halogens is 3. The summed E-state index contributed by atoms with van der Waals surface area (Å²) in [5.41, 5.74) is 0.659. The molecule has 1 aliphatic rings. The van der Waals surface area contributed by atoms with Gasteiger partial charge in [-0.2, -0.15) is 13.2 Å². The van der Waals surface area contributed by atoms with E-state index < -0.39 is 17.7 Å². The summed E-state index contributed by atoms with van der Waals surface area (Å²) < 4.78 is 40.6. The van der Waals surface area contributed by atoms with Crippen molar-refractivity contribution in [2.24, 2.45) is 0 Å². The molecule has 0 aliphatic carbocycles. The Hall–Kier alpha value is -2.78. The van der Waals surface area contributed by atoms with Gasteiger partial charge in [0, 0.05) is 25.0 Å². The molecule has 2 rings (SSSR count). The number of nitro groups is 1. The van der Waals surface area contributed by atoms with Gasteiger partial charge >= 0.3 is 6.18 Å². The second kappa shape index (κ2) is 6.99. The van der Waals surface area contributed by atoms with Crippen molar-refractivity contribution in [2.45, 2.75) is 12.7 Å². The van der Waals surface area contributed by atoms with Crippen molar-refractivity contribution in [3.63, 3.8) is 0 Å². The van der Waals surface area contributed by atoms with Gasteiger partial charge in [0.15, 0.2) is 12.4 Å². The van der Waals surface area contributed by atoms with E-state index in [1.807, 2.05) is 0 Å². The fourth-order valence-corrected chi connectivity index (χ4v) is 1.83. The van der Waals surface area contributed by atoms with Crippen molar-refractivity contribution in [3.8, 4) is 5.88 Å². The number of nitrogens with zero attached hydrogens (tertiary/aromatic N) is 3. The summed E-state index contributed by atoms with van der Waals surface area (Å²) in [5, 5.41) is 13.4. The summed E-state index contributed by atoms with van der Waals surface area (Å²) in [4.78, 5) is 15.4. The van der Waals surface area contributed by atoms with Crippen LogP contribution >= 0.6 is 0 Å². The second-order valence-corrected chi connectivity index (χ2v) is 4.60. The molecule has 0 atom stereocenters. The molecule has 0 amide bonds. The molecule has 0 fully saturated rings. The molecule has 2 heterocycles. The minimum atomic E-state index is -4.42. The maximum Gasteiger partial charge on any atom is 0.422 e. The number of hydrogen-bond acceptors (Lipinski definition) is 6. The Labute approximate surface area is 129 Å². The SMILES string of the molecule is O=[N+]([O-])C=C1NCC=CN1Cc1ccc(OCC(F)(F)F)nc1. The monoisotopic (exact) mass is 330 g/mol. The normalized spacial score (nSPS) is 16.3. The van der Waals surface area contributed by atoms with E-state index in [1.54, 1.807) is 23.2 Å². The van der Waals surface area contributed by atoms with Gasteiger partial charge in [-0.15, -0.1) is 0 Å². The first-order valence-electron chi connectivity index (χ1n) is 6.50. The molecule has 0 saturated carbocycles. The quantitative estimate of drug-likeness (QED) is 0.657. The van der Waals surface area contributed by atoms with Crippen LogP contribution in [0.5, 0.6) is 5.88 Å². The lowest BCUT2D eigenvalue weighted by Crippen LogP contribution is -2.32. The molecule has 124 valence electrons. The van der Waals surface area contributed by atoms with E-state index >= 15 is 0 Å². The molecule has 7 nitrogen and oxygen atoms in total. The van der Waals surface area contributed by atoms with Crippen LogP contribution in [-0.4, -0.2) is 34.1 Å². The number of rotatable bonds is 5. The summed E-state index contributed by atoms with van der Waals surface area (Å²) in [6, 6.07) is 2.87. The summed E-state index contributed by atoms with van der Waals surface area (Å²) in [6.07, 6.45) is 1.24. The predicted octanol–water partition coefficient (Wildman–Crippen LogP) is 2.02. The number of nitrogens with one attached hydrogen (secondary N) is 1. The highest BCUT2D eigenvalue weighted by molar-refractivity contribution is 5.20. The predicted molar refractivity (Wildman–Crippen MR) is 73.6 cm³/mol. The van der Waals surface area contributed by atoms with Crippen LogP contribution < -0.4 is 10.1 Å². The first-order chi connectivity index (χ1) is 10.8. The smallest absolute Gasteiger partial charge is 0.422 e. The lowest BCUT2D eigenvalue weighted by molar-refractivity contribution is -0.404. The number of aromatic nitrogens is 1. The van der Waals surface area contributed by atoms with Crippen LogP contribution in [0.4, 0.5) is 13.2 Å². The van der Waals surface area contributed by atoms with Gasteiger partial charge in [-0.05, 0) is 11.6 Å². The first kappa shape index (κ1) is 16.6. The van der Waals surface area contributed by atoms with Gasteiger partial charge in [-0.25, -0.2) is 4.98 Å². The van der Waals surface area contributed by atoms with Gasteiger partial charge in [-0.1, -0.05) is 6.07 Å². The largest absolute Gasteiger partial charge is 0.468 e. The third-order valence-electron chi connectivity index (χ3n) is 2.76. The van der Waals surface area contributed by atoms with Gasteiger partial charge in [0.05, 0.1) is 11.5 Å². The average molecular weight is 330 g/mol. The van der Waals surface area contributed by atoms with Gasteiger partial charge in [0.1, 0.15) is 0 Å². The number of pyridine rings is 1. The van der Waals surface area contributed by atoms with Crippen LogP contribution in [0.3, 0.4) is 0 Å². The molecule has 0 bridgehead atoms. The molecule has 0 spiro atoms. The van der Waals surface area contributed by atoms with Crippen molar-refractivity contribution in [2.75, 3.05) is 13.2 Å². The van der Waals surface area contributed by atoms with E-state index in [4.69, 9.17) is 0 Å². The van der Waals surface area contributed by atoms with E-state index in [1.165, 1.54) is 12.3 Å². The molecular weight excluding hydrogens is 317 g/mol. The molecule has 10 heteroatoms. The van der Waals surface area contributed by atoms with E-state index in [9.17, 15) is 23.3 Å². The van der Waals surface area contributed by atoms with E-state index in [0.29, 0.717) is 17.9 Å². The zero-order valence-corrected chi connectivity index (χ0v) is 11.8. The molecule has 0 unspecified atom stereocenters. The van der Waals surface area contributed by atoms with Crippen LogP contribution in [0, 0.1) is 10.1 Å². The van der Waals surface area contributed by atoms with Crippen molar-refractivity contribution in [1.29, 1.82) is 0 Å². The van der Waals surface area contributed by atoms with Gasteiger partial charge in [-0.3, -0.25) is 10.1 Å². The fourth-order valence-electron chi connectivity index (χ4n) is 1.83. The van der Waals surface area contributed by atoms with Gasteiger partial charge < -0.3 is 15.0 Å². The summed E-state index contributed by atoms with van der Waals surface area (Å²) in [5.74, 6) is 0.175. The molecule has 0 aromatic carbocycles. The minimum Gasteiger partial charge on any atom is -0.468 e. The van der Waals surface area contributed by atoms with Crippen molar-refractivity contribution < 1.29 is 22.8 Å². The van der Waals surface area contributed by atoms with E-state index in [2.05, 4.69) is 15.0 Å². The Morgan fingerprint density at radius 3 is 2.87 bits per heavy atom. The maximum absolute atomic E-state index is 12.0. The number of alkyl halides is 3. The minimum absolute atomic E-state index is 0.139. The standard InChI is InChI=1S/C13H13F3N4O3/c14-13(15,16)9-23-12-3-2-10(6-18-12)7-19-5-1-4-17-11(19)8-20(21)22/h1-3,5-6,8,17H,4,7,9H2. The molecule has 23 heavy (non-hydrogen) atoms. The third-order valence-corrected chi connectivity index (χ3v) is 2.76. The molecular formula is C13H13F3N4O3. The van der Waals surface area contributed by atoms with Crippen LogP contribution in [0.2, 0.25) is 0 Å². The number of hydrogen-bond donors (Lipinski definition) is 1. The van der Waals surface area contributed by atoms with Gasteiger partial charge in [0.2, 0.25) is 5.88 Å². The van der Waals surface area contributed by atoms with E-state index in [-0.39, 0.29) is 12.4 Å². The van der Waals surface area contributed by atoms with Crippen LogP contribution in [0.25, 0.3) is 0 Å². The second-order valence-electron chi connectivity index (χ2n) is 4.60. The lowest BCUT2D eigenvalue weighted by Gasteiger charge is -2.25. The van der Waals surface area contributed by atoms with Crippen molar-refractivity contribution >= 4 is 0 Å². The van der Waals surface area contributed by atoms with Gasteiger partial charge in [0.25, 0.3) is 6.20 Å². The van der Waals surface area contributed by atoms with E-state index in [0.717, 1.165) is 6.20 Å². The Kier molecular flexibility index (Phi) is 5.04. The Bertz CT molecular complexity index is 614. The zero-order valence-electron chi connectivity index (χ0n) is 11.8. The topological polar surface area (TPSA) is 80.5 Å². The zero-order chi connectivity index (χ0) is 16.9. The molecule has 1 N–H and O–H groups in total. The Morgan fingerprint density at radius 1 is 1.48 bits per heavy atom. The van der Waals surface area contributed by atoms with Crippen molar-refractivity contribution in [1.82, 2.24) is 15.2 Å². The molecule has 1 aliphatic heterocycles. The average Bonchev–Trinajstić information content (AvgIpc) is 2.47. The Morgan fingerprint density at radius 2 is 2.26 bits per heavy atom. The summed E-state index contributed by atoms with van der Waals surface area (Å²) in [6.45, 7) is -0.664. The maximum atomic E-state index is 12.0.